The van der Waals surface area contributed by atoms with Crippen LogP contribution in [0.25, 0.3) is 0 Å². The van der Waals surface area contributed by atoms with Gasteiger partial charge < -0.3 is 14.7 Å². The van der Waals surface area contributed by atoms with Gasteiger partial charge in [0.25, 0.3) is 0 Å². The van der Waals surface area contributed by atoms with Crippen LogP contribution in [0.5, 0.6) is 0 Å². The highest BCUT2D eigenvalue weighted by molar-refractivity contribution is 5.77. The number of hydrogen-bond acceptors (Lipinski definition) is 3. The molecular weight excluding hydrogens is 242 g/mol. The van der Waals surface area contributed by atoms with Crippen LogP contribution in [0.15, 0.2) is 0 Å². The summed E-state index contributed by atoms with van der Waals surface area (Å²) in [6.45, 7) is 5.12. The Morgan fingerprint density at radius 1 is 1.37 bits per heavy atom. The van der Waals surface area contributed by atoms with E-state index in [1.54, 1.807) is 0 Å². The van der Waals surface area contributed by atoms with E-state index in [2.05, 4.69) is 0 Å². The van der Waals surface area contributed by atoms with Gasteiger partial charge in [0.1, 0.15) is 0 Å². The Morgan fingerprint density at radius 3 is 2.79 bits per heavy atom. The van der Waals surface area contributed by atoms with Crippen molar-refractivity contribution in [2.24, 2.45) is 5.92 Å². The Kier molecular flexibility index (Phi) is 5.22. The summed E-state index contributed by atoms with van der Waals surface area (Å²) in [7, 11) is 0. The quantitative estimate of drug-likeness (QED) is 0.830. The molecule has 0 aromatic rings. The molecule has 110 valence electrons. The van der Waals surface area contributed by atoms with E-state index in [1.807, 2.05) is 11.8 Å². The van der Waals surface area contributed by atoms with Crippen molar-refractivity contribution in [3.05, 3.63) is 0 Å². The van der Waals surface area contributed by atoms with Crippen LogP contribution in [-0.4, -0.2) is 47.8 Å². The second-order valence-corrected chi connectivity index (χ2v) is 6.12. The van der Waals surface area contributed by atoms with Crippen LogP contribution in [0.1, 0.15) is 51.9 Å². The van der Waals surface area contributed by atoms with Crippen LogP contribution in [0.2, 0.25) is 0 Å². The Labute approximate surface area is 116 Å². The summed E-state index contributed by atoms with van der Waals surface area (Å²) >= 11 is 0. The Morgan fingerprint density at radius 2 is 2.11 bits per heavy atom. The molecule has 0 radical (unpaired) electrons. The molecule has 1 amide bonds. The number of hydrogen-bond donors (Lipinski definition) is 1. The van der Waals surface area contributed by atoms with Gasteiger partial charge in [-0.25, -0.2) is 0 Å². The van der Waals surface area contributed by atoms with Gasteiger partial charge in [0.2, 0.25) is 5.91 Å². The number of likely N-dealkylation sites (tertiary alicyclic amines) is 1. The summed E-state index contributed by atoms with van der Waals surface area (Å²) in [5, 5.41) is 10.4. The SMILES string of the molecule is CCOCC1CCN(C(=O)CC2(O)CCCCC2)C1. The molecule has 1 aliphatic carbocycles. The summed E-state index contributed by atoms with van der Waals surface area (Å²) in [5.74, 6) is 0.605. The highest BCUT2D eigenvalue weighted by Crippen LogP contribution is 2.32. The van der Waals surface area contributed by atoms with Gasteiger partial charge in [-0.2, -0.15) is 0 Å². The van der Waals surface area contributed by atoms with Crippen LogP contribution in [0, 0.1) is 5.92 Å². The van der Waals surface area contributed by atoms with Crippen molar-refractivity contribution in [3.63, 3.8) is 0 Å². The predicted molar refractivity (Wildman–Crippen MR) is 73.8 cm³/mol. The highest BCUT2D eigenvalue weighted by Gasteiger charge is 2.35. The molecular formula is C15H27NO3. The standard InChI is InChI=1S/C15H27NO3/c1-2-19-12-13-6-9-16(11-13)14(17)10-15(18)7-4-3-5-8-15/h13,18H,2-12H2,1H3. The Hall–Kier alpha value is -0.610. The van der Waals surface area contributed by atoms with E-state index >= 15 is 0 Å². The highest BCUT2D eigenvalue weighted by atomic mass is 16.5. The van der Waals surface area contributed by atoms with Crippen molar-refractivity contribution < 1.29 is 14.6 Å². The van der Waals surface area contributed by atoms with Crippen molar-refractivity contribution in [2.45, 2.75) is 57.5 Å². The van der Waals surface area contributed by atoms with Crippen molar-refractivity contribution in [3.8, 4) is 0 Å². The van der Waals surface area contributed by atoms with Crippen LogP contribution < -0.4 is 0 Å². The molecule has 0 aromatic carbocycles. The summed E-state index contributed by atoms with van der Waals surface area (Å²) in [5.41, 5.74) is -0.729. The maximum atomic E-state index is 12.3. The first-order valence-corrected chi connectivity index (χ1v) is 7.71. The zero-order chi connectivity index (χ0) is 13.7. The molecule has 2 fully saturated rings. The minimum Gasteiger partial charge on any atom is -0.389 e. The number of carbonyl (C=O) groups is 1. The van der Waals surface area contributed by atoms with Crippen molar-refractivity contribution >= 4 is 5.91 Å². The Bertz CT molecular complexity index is 300. The van der Waals surface area contributed by atoms with E-state index in [0.29, 0.717) is 12.3 Å². The van der Waals surface area contributed by atoms with Crippen LogP contribution in [0.4, 0.5) is 0 Å². The first-order chi connectivity index (χ1) is 9.13. The van der Waals surface area contributed by atoms with Crippen molar-refractivity contribution in [1.82, 2.24) is 4.90 Å². The van der Waals surface area contributed by atoms with Gasteiger partial charge in [0.15, 0.2) is 0 Å². The molecule has 0 spiro atoms. The second kappa shape index (κ2) is 6.71. The van der Waals surface area contributed by atoms with E-state index in [-0.39, 0.29) is 5.91 Å². The number of rotatable bonds is 5. The lowest BCUT2D eigenvalue weighted by Gasteiger charge is -2.32. The number of amides is 1. The number of nitrogens with zero attached hydrogens (tertiary/aromatic N) is 1. The van der Waals surface area contributed by atoms with Crippen molar-refractivity contribution in [1.29, 1.82) is 0 Å². The third-order valence-electron chi connectivity index (χ3n) is 4.46. The third-order valence-corrected chi connectivity index (χ3v) is 4.46. The molecule has 0 bridgehead atoms. The summed E-state index contributed by atoms with van der Waals surface area (Å²) < 4.78 is 5.43. The van der Waals surface area contributed by atoms with E-state index in [4.69, 9.17) is 4.74 Å². The maximum absolute atomic E-state index is 12.3. The fourth-order valence-corrected chi connectivity index (χ4v) is 3.26. The van der Waals surface area contributed by atoms with Crippen molar-refractivity contribution in [2.75, 3.05) is 26.3 Å². The lowest BCUT2D eigenvalue weighted by molar-refractivity contribution is -0.137. The van der Waals surface area contributed by atoms with E-state index in [1.165, 1.54) is 6.42 Å². The monoisotopic (exact) mass is 269 g/mol. The molecule has 2 aliphatic rings. The molecule has 1 saturated heterocycles. The van der Waals surface area contributed by atoms with Gasteiger partial charge in [-0.15, -0.1) is 0 Å². The van der Waals surface area contributed by atoms with Gasteiger partial charge in [0.05, 0.1) is 18.6 Å². The zero-order valence-corrected chi connectivity index (χ0v) is 12.1. The van der Waals surface area contributed by atoms with Gasteiger partial charge in [-0.05, 0) is 26.2 Å². The molecule has 0 aromatic heterocycles. The first-order valence-electron chi connectivity index (χ1n) is 7.71. The molecule has 1 saturated carbocycles. The van der Waals surface area contributed by atoms with Crippen LogP contribution >= 0.6 is 0 Å². The number of ether oxygens (including phenoxy) is 1. The third kappa shape index (κ3) is 4.18. The maximum Gasteiger partial charge on any atom is 0.225 e. The van der Waals surface area contributed by atoms with Gasteiger partial charge in [-0.1, -0.05) is 19.3 Å². The topological polar surface area (TPSA) is 49.8 Å². The fourth-order valence-electron chi connectivity index (χ4n) is 3.26. The summed E-state index contributed by atoms with van der Waals surface area (Å²) in [6.07, 6.45) is 6.21. The smallest absolute Gasteiger partial charge is 0.225 e. The summed E-state index contributed by atoms with van der Waals surface area (Å²) in [6, 6.07) is 0. The molecule has 1 heterocycles. The fraction of sp³-hybridized carbons (Fsp3) is 0.933. The largest absolute Gasteiger partial charge is 0.389 e. The zero-order valence-electron chi connectivity index (χ0n) is 12.1. The lowest BCUT2D eigenvalue weighted by Crippen LogP contribution is -2.40. The molecule has 19 heavy (non-hydrogen) atoms. The van der Waals surface area contributed by atoms with Crippen LogP contribution in [-0.2, 0) is 9.53 Å². The Balaban J connectivity index is 1.77. The minimum atomic E-state index is -0.729. The van der Waals surface area contributed by atoms with Gasteiger partial charge >= 0.3 is 0 Å². The minimum absolute atomic E-state index is 0.128. The molecule has 1 atom stereocenters. The molecule has 1 aliphatic heterocycles. The van der Waals surface area contributed by atoms with E-state index in [9.17, 15) is 9.90 Å². The lowest BCUT2D eigenvalue weighted by atomic mass is 9.82. The molecule has 4 heteroatoms. The first kappa shape index (κ1) is 14.8. The average molecular weight is 269 g/mol. The number of aliphatic hydroxyl groups is 1. The summed E-state index contributed by atoms with van der Waals surface area (Å²) in [4.78, 5) is 14.2. The molecule has 2 rings (SSSR count). The normalized spacial score (nSPS) is 26.6. The average Bonchev–Trinajstić information content (AvgIpc) is 2.85. The number of carbonyl (C=O) groups excluding carboxylic acids is 1. The molecule has 4 nitrogen and oxygen atoms in total. The molecule has 1 unspecified atom stereocenters. The van der Waals surface area contributed by atoms with Crippen LogP contribution in [0.3, 0.4) is 0 Å². The van der Waals surface area contributed by atoms with E-state index < -0.39 is 5.60 Å². The van der Waals surface area contributed by atoms with Gasteiger partial charge in [-0.3, -0.25) is 4.79 Å². The molecule has 1 N–H and O–H groups in total. The second-order valence-electron chi connectivity index (χ2n) is 6.12. The van der Waals surface area contributed by atoms with Gasteiger partial charge in [0, 0.05) is 25.6 Å². The van der Waals surface area contributed by atoms with E-state index in [0.717, 1.165) is 58.4 Å². The predicted octanol–water partition coefficient (Wildman–Crippen LogP) is 1.96.